The monoisotopic (exact) mass is 420 g/mol. The van der Waals surface area contributed by atoms with Gasteiger partial charge in [-0.2, -0.15) is 0 Å². The molecular weight excluding hydrogens is 402 g/mol. The second-order valence-electron chi connectivity index (χ2n) is 7.35. The minimum atomic E-state index is -4.68. The van der Waals surface area contributed by atoms with Crippen LogP contribution in [0.3, 0.4) is 0 Å². The zero-order valence-corrected chi connectivity index (χ0v) is 17.4. The van der Waals surface area contributed by atoms with Crippen LogP contribution in [0, 0.1) is 20.8 Å². The van der Waals surface area contributed by atoms with Gasteiger partial charge in [-0.15, -0.1) is 0 Å². The Kier molecular flexibility index (Phi) is 4.60. The first-order chi connectivity index (χ1) is 14.1. The Morgan fingerprint density at radius 1 is 0.800 bits per heavy atom. The highest BCUT2D eigenvalue weighted by Crippen LogP contribution is 2.36. The highest BCUT2D eigenvalue weighted by Gasteiger charge is 2.31. The Hall–Kier alpha value is -3.29. The van der Waals surface area contributed by atoms with Crippen LogP contribution in [0.4, 0.5) is 11.4 Å². The molecule has 0 radical (unpaired) electrons. The molecule has 0 aliphatic heterocycles. The molecule has 0 saturated carbocycles. The van der Waals surface area contributed by atoms with E-state index in [1.807, 2.05) is 0 Å². The highest BCUT2D eigenvalue weighted by atomic mass is 32.2. The number of hydrogen-bond acceptors (Lipinski definition) is 6. The Morgan fingerprint density at radius 2 is 1.40 bits per heavy atom. The van der Waals surface area contributed by atoms with Crippen molar-refractivity contribution in [3.63, 3.8) is 0 Å². The Bertz CT molecular complexity index is 1360. The van der Waals surface area contributed by atoms with Crippen molar-refractivity contribution < 1.29 is 22.6 Å². The van der Waals surface area contributed by atoms with Crippen LogP contribution in [0.15, 0.2) is 53.4 Å². The topological polar surface area (TPSA) is 103 Å². The summed E-state index contributed by atoms with van der Waals surface area (Å²) in [6.07, 6.45) is 0. The van der Waals surface area contributed by atoms with Crippen LogP contribution in [0.2, 0.25) is 0 Å². The van der Waals surface area contributed by atoms with Gasteiger partial charge >= 0.3 is 0 Å². The summed E-state index contributed by atoms with van der Waals surface area (Å²) in [5.74, 6) is -0.536. The number of carbonyl (C=O) groups excluding carboxylic acids is 2. The summed E-state index contributed by atoms with van der Waals surface area (Å²) in [5, 5.41) is 3.11. The number of fused-ring (bicyclic) bond motifs is 2. The molecule has 6 nitrogen and oxygen atoms in total. The van der Waals surface area contributed by atoms with Gasteiger partial charge in [-0.05, 0) is 43.5 Å². The second-order valence-corrected chi connectivity index (χ2v) is 8.67. The van der Waals surface area contributed by atoms with Crippen LogP contribution < -0.4 is 5.32 Å². The van der Waals surface area contributed by atoms with Gasteiger partial charge in [0, 0.05) is 22.4 Å². The van der Waals surface area contributed by atoms with E-state index in [0.717, 1.165) is 0 Å². The molecule has 1 aliphatic rings. The predicted octanol–water partition coefficient (Wildman–Crippen LogP) is 4.03. The van der Waals surface area contributed by atoms with E-state index in [0.29, 0.717) is 33.6 Å². The Labute approximate surface area is 174 Å². The number of rotatable bonds is 3. The van der Waals surface area contributed by atoms with Crippen LogP contribution in [0.1, 0.15) is 48.5 Å². The third kappa shape index (κ3) is 3.03. The lowest BCUT2D eigenvalue weighted by Crippen LogP contribution is -2.22. The summed E-state index contributed by atoms with van der Waals surface area (Å²) >= 11 is 0. The molecule has 3 aromatic carbocycles. The molecule has 0 amide bonds. The molecule has 0 heterocycles. The number of hydrogen-bond donors (Lipinski definition) is 1. The van der Waals surface area contributed by atoms with Gasteiger partial charge in [-0.25, -0.2) is 8.42 Å². The first-order valence-corrected chi connectivity index (χ1v) is 10.7. The number of aryl methyl sites for hydroxylation is 2. The third-order valence-corrected chi connectivity index (χ3v) is 6.49. The highest BCUT2D eigenvalue weighted by molar-refractivity contribution is 7.85. The van der Waals surface area contributed by atoms with Gasteiger partial charge in [0.1, 0.15) is 10.1 Å². The molecule has 0 atom stereocenters. The number of benzene rings is 3. The van der Waals surface area contributed by atoms with Crippen molar-refractivity contribution >= 4 is 33.1 Å². The smallest absolute Gasteiger partial charge is 0.196 e. The SMILES string of the molecule is Cc1cc(C)c(S(=O)(=O)[O-])c(C)c1Nc1cccc2c1C(=O)c1ccccc1C2=O. The Balaban J connectivity index is 1.91. The maximum absolute atomic E-state index is 13.2. The summed E-state index contributed by atoms with van der Waals surface area (Å²) in [5.41, 5.74) is 3.34. The van der Waals surface area contributed by atoms with Crippen LogP contribution in [0.5, 0.6) is 0 Å². The van der Waals surface area contributed by atoms with Crippen molar-refractivity contribution in [2.24, 2.45) is 0 Å². The van der Waals surface area contributed by atoms with Gasteiger partial charge in [0.15, 0.2) is 11.6 Å². The fourth-order valence-electron chi connectivity index (χ4n) is 4.13. The molecule has 0 saturated heterocycles. The van der Waals surface area contributed by atoms with E-state index < -0.39 is 10.1 Å². The molecule has 0 fully saturated rings. The average molecular weight is 420 g/mol. The Morgan fingerprint density at radius 3 is 2.03 bits per heavy atom. The molecule has 0 spiro atoms. The van der Waals surface area contributed by atoms with E-state index in [1.165, 1.54) is 0 Å². The third-order valence-electron chi connectivity index (χ3n) is 5.36. The lowest BCUT2D eigenvalue weighted by atomic mass is 9.83. The van der Waals surface area contributed by atoms with Crippen molar-refractivity contribution in [1.29, 1.82) is 0 Å². The van der Waals surface area contributed by atoms with Crippen molar-refractivity contribution in [3.8, 4) is 0 Å². The van der Waals surface area contributed by atoms with Gasteiger partial charge in [0.05, 0.1) is 16.1 Å². The molecular formula is C23H18NO5S-. The summed E-state index contributed by atoms with van der Waals surface area (Å²) < 4.78 is 35.3. The summed E-state index contributed by atoms with van der Waals surface area (Å²) in [6, 6.07) is 13.2. The van der Waals surface area contributed by atoms with E-state index in [1.54, 1.807) is 69.3 Å². The standard InChI is InChI=1S/C23H19NO5S/c1-12-11-13(2)23(30(27,28)29)14(3)20(12)24-18-10-6-9-17-19(18)22(26)16-8-5-4-7-15(16)21(17)25/h4-11,24H,1-3H3,(H,27,28,29)/p-1. The van der Waals surface area contributed by atoms with Gasteiger partial charge in [0.2, 0.25) is 0 Å². The van der Waals surface area contributed by atoms with Gasteiger partial charge in [0.25, 0.3) is 0 Å². The number of anilines is 2. The lowest BCUT2D eigenvalue weighted by Gasteiger charge is -2.24. The molecule has 0 unspecified atom stereocenters. The maximum atomic E-state index is 13.2. The number of ketones is 2. The predicted molar refractivity (Wildman–Crippen MR) is 112 cm³/mol. The molecule has 3 aromatic rings. The first kappa shape index (κ1) is 20.0. The molecule has 0 bridgehead atoms. The minimum Gasteiger partial charge on any atom is -0.744 e. The van der Waals surface area contributed by atoms with Crippen molar-refractivity contribution in [2.45, 2.75) is 25.7 Å². The molecule has 1 aliphatic carbocycles. The molecule has 30 heavy (non-hydrogen) atoms. The van der Waals surface area contributed by atoms with E-state index in [9.17, 15) is 22.6 Å². The largest absolute Gasteiger partial charge is 0.744 e. The quantitative estimate of drug-likeness (QED) is 0.502. The molecule has 152 valence electrons. The van der Waals surface area contributed by atoms with Gasteiger partial charge in [-0.3, -0.25) is 9.59 Å². The summed E-state index contributed by atoms with van der Waals surface area (Å²) in [4.78, 5) is 25.8. The second kappa shape index (κ2) is 6.90. The average Bonchev–Trinajstić information content (AvgIpc) is 2.67. The van der Waals surface area contributed by atoms with Crippen LogP contribution in [-0.2, 0) is 10.1 Å². The molecule has 0 aromatic heterocycles. The normalized spacial score (nSPS) is 13.1. The fourth-order valence-corrected chi connectivity index (χ4v) is 5.06. The molecule has 4 rings (SSSR count). The molecule has 1 N–H and O–H groups in total. The van der Waals surface area contributed by atoms with Crippen LogP contribution in [-0.4, -0.2) is 24.5 Å². The van der Waals surface area contributed by atoms with E-state index >= 15 is 0 Å². The van der Waals surface area contributed by atoms with E-state index in [2.05, 4.69) is 5.32 Å². The lowest BCUT2D eigenvalue weighted by molar-refractivity contribution is 0.0979. The van der Waals surface area contributed by atoms with Crippen molar-refractivity contribution in [1.82, 2.24) is 0 Å². The van der Waals surface area contributed by atoms with E-state index in [4.69, 9.17) is 0 Å². The zero-order valence-electron chi connectivity index (χ0n) is 16.6. The van der Waals surface area contributed by atoms with Gasteiger partial charge in [-0.1, -0.05) is 42.5 Å². The number of nitrogens with one attached hydrogen (secondary N) is 1. The van der Waals surface area contributed by atoms with Crippen LogP contribution >= 0.6 is 0 Å². The molecule has 7 heteroatoms. The minimum absolute atomic E-state index is 0.229. The number of carbonyl (C=O) groups is 2. The van der Waals surface area contributed by atoms with Crippen LogP contribution in [0.25, 0.3) is 0 Å². The van der Waals surface area contributed by atoms with E-state index in [-0.39, 0.29) is 33.2 Å². The maximum Gasteiger partial charge on any atom is 0.196 e. The van der Waals surface area contributed by atoms with Crippen molar-refractivity contribution in [3.05, 3.63) is 87.5 Å². The first-order valence-electron chi connectivity index (χ1n) is 9.26. The zero-order chi connectivity index (χ0) is 21.8. The summed E-state index contributed by atoms with van der Waals surface area (Å²) in [7, 11) is -4.68. The van der Waals surface area contributed by atoms with Gasteiger partial charge < -0.3 is 9.87 Å². The summed E-state index contributed by atoms with van der Waals surface area (Å²) in [6.45, 7) is 4.89. The van der Waals surface area contributed by atoms with Crippen molar-refractivity contribution in [2.75, 3.05) is 5.32 Å². The fraction of sp³-hybridized carbons (Fsp3) is 0.130.